The third kappa shape index (κ3) is 10.2. The molecule has 0 aromatic heterocycles. The van der Waals surface area contributed by atoms with Gasteiger partial charge in [-0.05, 0) is 110 Å². The zero-order valence-corrected chi connectivity index (χ0v) is 43.4. The van der Waals surface area contributed by atoms with Crippen LogP contribution in [0.4, 0.5) is 0 Å². The molecule has 0 N–H and O–H groups in total. The van der Waals surface area contributed by atoms with E-state index < -0.39 is 0 Å². The normalized spacial score (nSPS) is 15.0. The summed E-state index contributed by atoms with van der Waals surface area (Å²) in [5.41, 5.74) is 15.1. The molecular weight excluding hydrogens is 689 g/mol. The van der Waals surface area contributed by atoms with E-state index in [1.54, 1.807) is 55.6 Å². The van der Waals surface area contributed by atoms with Gasteiger partial charge in [-0.15, -0.1) is 0 Å². The summed E-state index contributed by atoms with van der Waals surface area (Å²) in [4.78, 5) is 2.99. The van der Waals surface area contributed by atoms with Crippen molar-refractivity contribution in [1.29, 1.82) is 0 Å². The fraction of sp³-hybridized carbons (Fsp3) is 0.769. The van der Waals surface area contributed by atoms with Crippen LogP contribution in [0, 0.1) is 0 Å². The van der Waals surface area contributed by atoms with Crippen LogP contribution in [0.15, 0.2) is 9.79 Å². The predicted octanol–water partition coefficient (Wildman–Crippen LogP) is 17.5. The summed E-state index contributed by atoms with van der Waals surface area (Å²) in [5, 5.41) is 0. The zero-order valence-electron chi connectivity index (χ0n) is 41.8. The Kier molecular flexibility index (Phi) is 13.2. The second-order valence-corrected chi connectivity index (χ2v) is 29.2. The van der Waals surface area contributed by atoms with Gasteiger partial charge in [0.25, 0.3) is 0 Å². The SMILES string of the molecule is CC(C)(C)c1c(SSc2c(C(C)(C)C)c(C(C)(C)C)c(C(C)(C)C)c(C(C)(C)C)c2C(C)(C)C)c(C(C)(C)C)c(C(C)(C)C)c(C(C)(C)C)c1C(C)(C)C. The summed E-state index contributed by atoms with van der Waals surface area (Å²) in [6.07, 6.45) is 0. The van der Waals surface area contributed by atoms with Gasteiger partial charge in [0.2, 0.25) is 0 Å². The van der Waals surface area contributed by atoms with Crippen molar-refractivity contribution in [1.82, 2.24) is 0 Å². The highest BCUT2D eigenvalue weighted by atomic mass is 33.1. The maximum Gasteiger partial charge on any atom is 0.0267 e. The average Bonchev–Trinajstić information content (AvgIpc) is 2.83. The van der Waals surface area contributed by atoms with Crippen LogP contribution in [-0.2, 0) is 54.1 Å². The summed E-state index contributed by atoms with van der Waals surface area (Å²) in [6.45, 7) is 73.9. The lowest BCUT2D eigenvalue weighted by Gasteiger charge is -2.46. The molecule has 0 bridgehead atoms. The highest BCUT2D eigenvalue weighted by molar-refractivity contribution is 8.76. The van der Waals surface area contributed by atoms with Gasteiger partial charge in [-0.25, -0.2) is 0 Å². The lowest BCUT2D eigenvalue weighted by molar-refractivity contribution is 0.448. The van der Waals surface area contributed by atoms with Gasteiger partial charge in [0, 0.05) is 9.79 Å². The maximum atomic E-state index is 2.47. The Morgan fingerprint density at radius 2 is 0.259 bits per heavy atom. The Labute approximate surface area is 347 Å². The molecule has 0 radical (unpaired) electrons. The van der Waals surface area contributed by atoms with E-state index in [9.17, 15) is 0 Å². The van der Waals surface area contributed by atoms with Gasteiger partial charge in [-0.3, -0.25) is 0 Å². The molecule has 0 amide bonds. The molecule has 310 valence electrons. The molecule has 2 aromatic rings. The van der Waals surface area contributed by atoms with Crippen molar-refractivity contribution in [2.75, 3.05) is 0 Å². The average molecular weight is 779 g/mol. The number of benzene rings is 2. The molecule has 54 heavy (non-hydrogen) atoms. The summed E-state index contributed by atoms with van der Waals surface area (Å²) in [7, 11) is 4.18. The van der Waals surface area contributed by atoms with E-state index in [1.807, 2.05) is 0 Å². The van der Waals surface area contributed by atoms with Gasteiger partial charge in [-0.2, -0.15) is 0 Å². The fourth-order valence-electron chi connectivity index (χ4n) is 9.07. The lowest BCUT2D eigenvalue weighted by atomic mass is 9.61. The standard InChI is InChI=1S/C52H90S2/c1-43(2,3)31-33(45(7,8)9)37(49(19,20)21)41(38(50(22,23)24)34(31)46(10,11)12)53-54-42-39(51(25,26)27)35(47(13,14)15)32(44(4,5)6)36(48(16,17)18)40(42)52(28,29)30/h1-30H3. The van der Waals surface area contributed by atoms with Crippen LogP contribution in [0.1, 0.15) is 263 Å². The first-order chi connectivity index (χ1) is 23.2. The van der Waals surface area contributed by atoms with Gasteiger partial charge in [0.1, 0.15) is 0 Å². The monoisotopic (exact) mass is 779 g/mol. The highest BCUT2D eigenvalue weighted by Crippen LogP contribution is 2.60. The van der Waals surface area contributed by atoms with Gasteiger partial charge in [0.15, 0.2) is 0 Å². The first-order valence-electron chi connectivity index (χ1n) is 21.1. The van der Waals surface area contributed by atoms with Crippen LogP contribution in [0.25, 0.3) is 0 Å². The molecule has 0 aliphatic heterocycles. The van der Waals surface area contributed by atoms with Crippen LogP contribution in [0.5, 0.6) is 0 Å². The number of hydrogen-bond acceptors (Lipinski definition) is 2. The van der Waals surface area contributed by atoms with E-state index in [1.165, 1.54) is 9.79 Å². The third-order valence-corrected chi connectivity index (χ3v) is 13.1. The molecule has 2 heteroatoms. The molecule has 0 saturated carbocycles. The topological polar surface area (TPSA) is 0 Å². The van der Waals surface area contributed by atoms with E-state index in [0.717, 1.165) is 0 Å². The molecule has 0 atom stereocenters. The molecule has 0 unspecified atom stereocenters. The molecule has 2 aromatic carbocycles. The highest BCUT2D eigenvalue weighted by Gasteiger charge is 2.45. The molecule has 0 aliphatic carbocycles. The molecule has 0 spiro atoms. The fourth-order valence-corrected chi connectivity index (χ4v) is 12.7. The summed E-state index contributed by atoms with van der Waals surface area (Å²) < 4.78 is 0. The van der Waals surface area contributed by atoms with Gasteiger partial charge in [0.05, 0.1) is 0 Å². The Hall–Kier alpha value is -0.860. The first-order valence-corrected chi connectivity index (χ1v) is 23.2. The molecule has 0 aliphatic rings. The minimum atomic E-state index is -0.0646. The Balaban J connectivity index is 3.68. The van der Waals surface area contributed by atoms with Gasteiger partial charge >= 0.3 is 0 Å². The van der Waals surface area contributed by atoms with Crippen molar-refractivity contribution < 1.29 is 0 Å². The van der Waals surface area contributed by atoms with Crippen LogP contribution in [-0.4, -0.2) is 0 Å². The quantitative estimate of drug-likeness (QED) is 0.285. The molecule has 0 fully saturated rings. The second kappa shape index (κ2) is 14.5. The Bertz CT molecular complexity index is 1450. The third-order valence-electron chi connectivity index (χ3n) is 10.6. The van der Waals surface area contributed by atoms with E-state index in [4.69, 9.17) is 0 Å². The Morgan fingerprint density at radius 1 is 0.167 bits per heavy atom. The van der Waals surface area contributed by atoms with Crippen molar-refractivity contribution in [3.8, 4) is 0 Å². The Morgan fingerprint density at radius 3 is 0.352 bits per heavy atom. The van der Waals surface area contributed by atoms with Crippen LogP contribution in [0.2, 0.25) is 0 Å². The van der Waals surface area contributed by atoms with Crippen molar-refractivity contribution in [3.05, 3.63) is 55.6 Å². The van der Waals surface area contributed by atoms with Crippen LogP contribution in [0.3, 0.4) is 0 Å². The van der Waals surface area contributed by atoms with Crippen molar-refractivity contribution in [2.45, 2.75) is 272 Å². The molecular formula is C52H90S2. The largest absolute Gasteiger partial charge is 0.0561 e. The second-order valence-electron chi connectivity index (χ2n) is 27.1. The van der Waals surface area contributed by atoms with Crippen molar-refractivity contribution in [2.24, 2.45) is 0 Å². The van der Waals surface area contributed by atoms with Crippen molar-refractivity contribution >= 4 is 21.6 Å². The van der Waals surface area contributed by atoms with E-state index >= 15 is 0 Å². The van der Waals surface area contributed by atoms with Gasteiger partial charge in [-0.1, -0.05) is 229 Å². The maximum absolute atomic E-state index is 2.47. The molecule has 0 saturated heterocycles. The minimum absolute atomic E-state index is 0.0214. The van der Waals surface area contributed by atoms with E-state index in [-0.39, 0.29) is 54.1 Å². The summed E-state index contributed by atoms with van der Waals surface area (Å²) in [6, 6.07) is 0. The van der Waals surface area contributed by atoms with Gasteiger partial charge < -0.3 is 0 Å². The van der Waals surface area contributed by atoms with E-state index in [2.05, 4.69) is 229 Å². The number of hydrogen-bond donors (Lipinski definition) is 0. The smallest absolute Gasteiger partial charge is 0.0267 e. The molecule has 0 heterocycles. The summed E-state index contributed by atoms with van der Waals surface area (Å²) in [5.74, 6) is 0. The molecule has 2 rings (SSSR count). The lowest BCUT2D eigenvalue weighted by Crippen LogP contribution is -2.36. The van der Waals surface area contributed by atoms with Crippen LogP contribution < -0.4 is 0 Å². The predicted molar refractivity (Wildman–Crippen MR) is 252 cm³/mol. The minimum Gasteiger partial charge on any atom is -0.0561 e. The van der Waals surface area contributed by atoms with E-state index in [0.29, 0.717) is 0 Å². The summed E-state index contributed by atoms with van der Waals surface area (Å²) >= 11 is 0. The first kappa shape index (κ1) is 49.3. The zero-order chi connectivity index (χ0) is 43.3. The van der Waals surface area contributed by atoms with Crippen molar-refractivity contribution in [3.63, 3.8) is 0 Å². The number of rotatable bonds is 3. The molecule has 0 nitrogen and oxygen atoms in total. The van der Waals surface area contributed by atoms with Crippen LogP contribution >= 0.6 is 21.6 Å².